The van der Waals surface area contributed by atoms with Crippen molar-refractivity contribution in [3.8, 4) is 0 Å². The van der Waals surface area contributed by atoms with E-state index in [0.717, 1.165) is 37.3 Å². The molecule has 2 aliphatic rings. The van der Waals surface area contributed by atoms with Gasteiger partial charge < -0.3 is 9.88 Å². The van der Waals surface area contributed by atoms with E-state index >= 15 is 0 Å². The van der Waals surface area contributed by atoms with Crippen molar-refractivity contribution in [3.63, 3.8) is 0 Å². The van der Waals surface area contributed by atoms with E-state index in [4.69, 9.17) is 0 Å². The van der Waals surface area contributed by atoms with E-state index < -0.39 is 0 Å². The Kier molecular flexibility index (Phi) is 3.02. The number of hydrogen-bond donors (Lipinski definition) is 1. The van der Waals surface area contributed by atoms with E-state index in [1.807, 2.05) is 18.5 Å². The molecule has 2 aromatic rings. The molecule has 1 aliphatic heterocycles. The molecule has 0 fully saturated rings. The van der Waals surface area contributed by atoms with Crippen LogP contribution in [0.5, 0.6) is 0 Å². The maximum atomic E-state index is 12.5. The van der Waals surface area contributed by atoms with Crippen molar-refractivity contribution in [1.82, 2.24) is 9.55 Å². The summed E-state index contributed by atoms with van der Waals surface area (Å²) in [6, 6.07) is 6.34. The monoisotopic (exact) mass is 281 g/mol. The zero-order valence-electron chi connectivity index (χ0n) is 12.0. The highest BCUT2D eigenvalue weighted by molar-refractivity contribution is 5.92. The molecule has 4 nitrogen and oxygen atoms in total. The lowest BCUT2D eigenvalue weighted by molar-refractivity contribution is -0.120. The van der Waals surface area contributed by atoms with E-state index in [2.05, 4.69) is 27.0 Å². The highest BCUT2D eigenvalue weighted by Crippen LogP contribution is 2.26. The average molecular weight is 281 g/mol. The van der Waals surface area contributed by atoms with Crippen molar-refractivity contribution in [2.75, 3.05) is 5.32 Å². The number of imidazole rings is 1. The predicted molar refractivity (Wildman–Crippen MR) is 81.1 cm³/mol. The number of benzene rings is 1. The van der Waals surface area contributed by atoms with Crippen LogP contribution in [0.2, 0.25) is 0 Å². The number of nitrogens with zero attached hydrogens (tertiary/aromatic N) is 2. The van der Waals surface area contributed by atoms with Gasteiger partial charge in [0.1, 0.15) is 5.82 Å². The number of aromatic nitrogens is 2. The van der Waals surface area contributed by atoms with Crippen molar-refractivity contribution in [2.45, 2.75) is 38.6 Å². The standard InChI is InChI=1S/C17H19N3O/c21-17(14-5-7-16-18-8-9-20(16)11-14)19-15-6-4-12-2-1-3-13(12)10-15/h4,6,8-10,14H,1-3,5,7,11H2,(H,19,21). The van der Waals surface area contributed by atoms with E-state index in [0.29, 0.717) is 0 Å². The zero-order chi connectivity index (χ0) is 14.2. The van der Waals surface area contributed by atoms with E-state index in [9.17, 15) is 4.79 Å². The van der Waals surface area contributed by atoms with Gasteiger partial charge in [-0.2, -0.15) is 0 Å². The Bertz CT molecular complexity index is 689. The summed E-state index contributed by atoms with van der Waals surface area (Å²) in [5.41, 5.74) is 3.78. The molecular formula is C17H19N3O. The minimum atomic E-state index is 0.0416. The summed E-state index contributed by atoms with van der Waals surface area (Å²) in [4.78, 5) is 16.8. The van der Waals surface area contributed by atoms with Crippen molar-refractivity contribution in [3.05, 3.63) is 47.5 Å². The number of carbonyl (C=O) groups excluding carboxylic acids is 1. The Balaban J connectivity index is 1.47. The third kappa shape index (κ3) is 2.35. The summed E-state index contributed by atoms with van der Waals surface area (Å²) in [5, 5.41) is 3.09. The first kappa shape index (κ1) is 12.6. The molecule has 4 heteroatoms. The average Bonchev–Trinajstić information content (AvgIpc) is 3.14. The third-order valence-corrected chi connectivity index (χ3v) is 4.67. The van der Waals surface area contributed by atoms with Crippen LogP contribution in [0.3, 0.4) is 0 Å². The number of hydrogen-bond acceptors (Lipinski definition) is 2. The van der Waals surface area contributed by atoms with Gasteiger partial charge in [0.15, 0.2) is 0 Å². The molecule has 0 spiro atoms. The molecule has 1 unspecified atom stereocenters. The molecule has 1 N–H and O–H groups in total. The first-order valence-corrected chi connectivity index (χ1v) is 7.72. The van der Waals surface area contributed by atoms with Crippen LogP contribution in [0.15, 0.2) is 30.6 Å². The SMILES string of the molecule is O=C(Nc1ccc2c(c1)CCC2)C1CCc2nccn2C1. The summed E-state index contributed by atoms with van der Waals surface area (Å²) >= 11 is 0. The molecule has 108 valence electrons. The lowest BCUT2D eigenvalue weighted by atomic mass is 9.98. The molecule has 4 rings (SSSR count). The molecule has 0 saturated carbocycles. The summed E-state index contributed by atoms with van der Waals surface area (Å²) in [7, 11) is 0. The first-order valence-electron chi connectivity index (χ1n) is 7.72. The number of nitrogens with one attached hydrogen (secondary N) is 1. The lowest BCUT2D eigenvalue weighted by Gasteiger charge is -2.23. The van der Waals surface area contributed by atoms with Crippen LogP contribution < -0.4 is 5.32 Å². The maximum Gasteiger partial charge on any atom is 0.229 e. The van der Waals surface area contributed by atoms with E-state index in [1.54, 1.807) is 0 Å². The van der Waals surface area contributed by atoms with Crippen molar-refractivity contribution >= 4 is 11.6 Å². The zero-order valence-corrected chi connectivity index (χ0v) is 12.0. The summed E-state index contributed by atoms with van der Waals surface area (Å²) in [6.07, 6.45) is 9.10. The predicted octanol–water partition coefficient (Wildman–Crippen LogP) is 2.57. The van der Waals surface area contributed by atoms with E-state index in [-0.39, 0.29) is 11.8 Å². The Morgan fingerprint density at radius 3 is 3.10 bits per heavy atom. The number of rotatable bonds is 2. The van der Waals surface area contributed by atoms with Gasteiger partial charge in [0.25, 0.3) is 0 Å². The third-order valence-electron chi connectivity index (χ3n) is 4.67. The van der Waals surface area contributed by atoms with Gasteiger partial charge in [0.05, 0.1) is 5.92 Å². The molecule has 2 heterocycles. The molecule has 0 radical (unpaired) electrons. The van der Waals surface area contributed by atoms with Gasteiger partial charge in [-0.3, -0.25) is 4.79 Å². The smallest absolute Gasteiger partial charge is 0.229 e. The molecule has 1 amide bonds. The number of amides is 1. The summed E-state index contributed by atoms with van der Waals surface area (Å²) in [5.74, 6) is 1.27. The van der Waals surface area contributed by atoms with Crippen LogP contribution in [0.1, 0.15) is 29.8 Å². The first-order chi connectivity index (χ1) is 10.3. The molecule has 0 bridgehead atoms. The van der Waals surface area contributed by atoms with Gasteiger partial charge in [0, 0.05) is 31.0 Å². The molecule has 1 atom stereocenters. The largest absolute Gasteiger partial charge is 0.334 e. The van der Waals surface area contributed by atoms with E-state index in [1.165, 1.54) is 24.0 Å². The van der Waals surface area contributed by atoms with Crippen molar-refractivity contribution < 1.29 is 4.79 Å². The fourth-order valence-electron chi connectivity index (χ4n) is 3.47. The molecule has 21 heavy (non-hydrogen) atoms. The van der Waals surface area contributed by atoms with Crippen molar-refractivity contribution in [1.29, 1.82) is 0 Å². The van der Waals surface area contributed by atoms with Gasteiger partial charge in [-0.25, -0.2) is 4.98 Å². The van der Waals surface area contributed by atoms with Gasteiger partial charge >= 0.3 is 0 Å². The van der Waals surface area contributed by atoms with Gasteiger partial charge in [-0.15, -0.1) is 0 Å². The second kappa shape index (κ2) is 5.02. The fraction of sp³-hybridized carbons (Fsp3) is 0.412. The van der Waals surface area contributed by atoms with Gasteiger partial charge in [0.2, 0.25) is 5.91 Å². The molecule has 1 aromatic carbocycles. The number of fused-ring (bicyclic) bond motifs is 2. The topological polar surface area (TPSA) is 46.9 Å². The second-order valence-corrected chi connectivity index (χ2v) is 6.06. The normalized spacial score (nSPS) is 19.9. The lowest BCUT2D eigenvalue weighted by Crippen LogP contribution is -2.31. The van der Waals surface area contributed by atoms with Crippen LogP contribution in [0.25, 0.3) is 0 Å². The molecular weight excluding hydrogens is 262 g/mol. The van der Waals surface area contributed by atoms with Crippen molar-refractivity contribution in [2.24, 2.45) is 5.92 Å². The van der Waals surface area contributed by atoms with Crippen LogP contribution in [0, 0.1) is 5.92 Å². The number of aryl methyl sites for hydroxylation is 3. The van der Waals surface area contributed by atoms with Crippen LogP contribution in [-0.4, -0.2) is 15.5 Å². The van der Waals surface area contributed by atoms with Crippen LogP contribution >= 0.6 is 0 Å². The van der Waals surface area contributed by atoms with Gasteiger partial charge in [-0.05, 0) is 48.9 Å². The number of carbonyl (C=O) groups is 1. The highest BCUT2D eigenvalue weighted by Gasteiger charge is 2.25. The Morgan fingerprint density at radius 2 is 2.14 bits per heavy atom. The fourth-order valence-corrected chi connectivity index (χ4v) is 3.47. The summed E-state index contributed by atoms with van der Waals surface area (Å²) in [6.45, 7) is 0.742. The molecule has 1 aliphatic carbocycles. The minimum Gasteiger partial charge on any atom is -0.334 e. The second-order valence-electron chi connectivity index (χ2n) is 6.06. The maximum absolute atomic E-state index is 12.5. The quantitative estimate of drug-likeness (QED) is 0.919. The Morgan fingerprint density at radius 1 is 1.24 bits per heavy atom. The number of anilines is 1. The molecule has 0 saturated heterocycles. The Labute approximate surface area is 124 Å². The summed E-state index contributed by atoms with van der Waals surface area (Å²) < 4.78 is 2.09. The molecule has 1 aromatic heterocycles. The van der Waals surface area contributed by atoms with Crippen LogP contribution in [-0.2, 0) is 30.6 Å². The van der Waals surface area contributed by atoms with Gasteiger partial charge in [-0.1, -0.05) is 6.07 Å². The van der Waals surface area contributed by atoms with Crippen LogP contribution in [0.4, 0.5) is 5.69 Å². The Hall–Kier alpha value is -2.10. The minimum absolute atomic E-state index is 0.0416. The highest BCUT2D eigenvalue weighted by atomic mass is 16.1.